The van der Waals surface area contributed by atoms with Gasteiger partial charge in [0.05, 0.1) is 23.9 Å². The Morgan fingerprint density at radius 1 is 1.15 bits per heavy atom. The van der Waals surface area contributed by atoms with Crippen molar-refractivity contribution in [3.63, 3.8) is 0 Å². The Morgan fingerprint density at radius 3 is 2.48 bits per heavy atom. The summed E-state index contributed by atoms with van der Waals surface area (Å²) < 4.78 is 15.9. The first-order valence-electron chi connectivity index (χ1n) is 8.82. The van der Waals surface area contributed by atoms with Crippen LogP contribution in [0.3, 0.4) is 0 Å². The lowest BCUT2D eigenvalue weighted by Gasteiger charge is -2.26. The molecule has 1 aromatic rings. The third-order valence-corrected chi connectivity index (χ3v) is 3.88. The van der Waals surface area contributed by atoms with Gasteiger partial charge in [-0.3, -0.25) is 0 Å². The molecule has 1 aliphatic rings. The van der Waals surface area contributed by atoms with Crippen molar-refractivity contribution in [3.8, 4) is 5.75 Å². The number of para-hydroxylation sites is 1. The van der Waals surface area contributed by atoms with Gasteiger partial charge in [0.1, 0.15) is 12.4 Å². The Bertz CT molecular complexity index is 716. The largest absolute Gasteiger partial charge is 0.479 e. The molecule has 1 aromatic carbocycles. The van der Waals surface area contributed by atoms with Gasteiger partial charge in [0.25, 0.3) is 0 Å². The number of nitrogens with one attached hydrogen (secondary N) is 2. The van der Waals surface area contributed by atoms with Gasteiger partial charge in [0, 0.05) is 0 Å². The lowest BCUT2D eigenvalue weighted by Crippen LogP contribution is -2.50. The van der Waals surface area contributed by atoms with Crippen LogP contribution in [-0.2, 0) is 19.1 Å². The van der Waals surface area contributed by atoms with E-state index in [-0.39, 0.29) is 24.5 Å². The van der Waals surface area contributed by atoms with Crippen molar-refractivity contribution < 1.29 is 28.6 Å². The molecule has 0 saturated heterocycles. The predicted octanol–water partition coefficient (Wildman–Crippen LogP) is 1.91. The first-order valence-corrected chi connectivity index (χ1v) is 8.82. The predicted molar refractivity (Wildman–Crippen MR) is 96.9 cm³/mol. The number of esters is 2. The van der Waals surface area contributed by atoms with Gasteiger partial charge >= 0.3 is 18.0 Å². The van der Waals surface area contributed by atoms with Crippen LogP contribution in [0.4, 0.5) is 4.79 Å². The van der Waals surface area contributed by atoms with Crippen molar-refractivity contribution in [3.05, 3.63) is 41.6 Å². The van der Waals surface area contributed by atoms with Crippen LogP contribution in [0.5, 0.6) is 5.75 Å². The zero-order chi connectivity index (χ0) is 19.8. The van der Waals surface area contributed by atoms with Gasteiger partial charge in [-0.15, -0.1) is 0 Å². The van der Waals surface area contributed by atoms with E-state index in [4.69, 9.17) is 14.2 Å². The zero-order valence-corrected chi connectivity index (χ0v) is 15.6. The third-order valence-electron chi connectivity index (χ3n) is 3.88. The Hall–Kier alpha value is -3.03. The molecule has 27 heavy (non-hydrogen) atoms. The van der Waals surface area contributed by atoms with Crippen LogP contribution in [0.1, 0.15) is 27.2 Å². The van der Waals surface area contributed by atoms with Crippen molar-refractivity contribution in [2.24, 2.45) is 0 Å². The lowest BCUT2D eigenvalue weighted by molar-refractivity contribution is -0.151. The average Bonchev–Trinajstić information content (AvgIpc) is 2.64. The standard InChI is InChI=1S/C19H24N2O6/c1-4-15(27-13-9-7-6-8-10-13)17(22)26-11-14-16(18(23)25-5-2)12(3)20-19(24)21-14/h6-10,12,15H,4-5,11H2,1-3H3,(H2,20,21,24)/t12-,15+/m0/s1. The third kappa shape index (κ3) is 5.47. The molecule has 0 fully saturated rings. The Morgan fingerprint density at radius 2 is 1.85 bits per heavy atom. The van der Waals surface area contributed by atoms with Crippen LogP contribution in [0.25, 0.3) is 0 Å². The summed E-state index contributed by atoms with van der Waals surface area (Å²) in [6.45, 7) is 5.06. The fraction of sp³-hybridized carbons (Fsp3) is 0.421. The number of carbonyl (C=O) groups excluding carboxylic acids is 3. The number of carbonyl (C=O) groups is 3. The number of hydrogen-bond acceptors (Lipinski definition) is 6. The van der Waals surface area contributed by atoms with Crippen molar-refractivity contribution in [2.45, 2.75) is 39.3 Å². The summed E-state index contributed by atoms with van der Waals surface area (Å²) in [4.78, 5) is 36.2. The molecule has 0 radical (unpaired) electrons. The van der Waals surface area contributed by atoms with Crippen molar-refractivity contribution in [1.29, 1.82) is 0 Å². The molecule has 0 saturated carbocycles. The molecular weight excluding hydrogens is 352 g/mol. The van der Waals surface area contributed by atoms with E-state index in [9.17, 15) is 14.4 Å². The number of ether oxygens (including phenoxy) is 3. The molecule has 8 heteroatoms. The van der Waals surface area contributed by atoms with E-state index in [0.29, 0.717) is 12.2 Å². The molecule has 2 amide bonds. The molecular formula is C19H24N2O6. The van der Waals surface area contributed by atoms with Crippen LogP contribution < -0.4 is 15.4 Å². The summed E-state index contributed by atoms with van der Waals surface area (Å²) >= 11 is 0. The van der Waals surface area contributed by atoms with Gasteiger partial charge < -0.3 is 24.8 Å². The second-order valence-electron chi connectivity index (χ2n) is 5.87. The fourth-order valence-electron chi connectivity index (χ4n) is 2.59. The summed E-state index contributed by atoms with van der Waals surface area (Å²) in [5.41, 5.74) is 0.425. The maximum absolute atomic E-state index is 12.4. The summed E-state index contributed by atoms with van der Waals surface area (Å²) in [5, 5.41) is 5.09. The SMILES string of the molecule is CCOC(=O)C1=C(COC(=O)[C@@H](CC)Oc2ccccc2)NC(=O)N[C@H]1C. The first kappa shape index (κ1) is 20.3. The number of benzene rings is 1. The van der Waals surface area contributed by atoms with Gasteiger partial charge in [0.2, 0.25) is 0 Å². The highest BCUT2D eigenvalue weighted by Crippen LogP contribution is 2.16. The maximum Gasteiger partial charge on any atom is 0.347 e. The molecule has 0 unspecified atom stereocenters. The van der Waals surface area contributed by atoms with E-state index in [0.717, 1.165) is 0 Å². The van der Waals surface area contributed by atoms with Gasteiger partial charge in [-0.2, -0.15) is 0 Å². The van der Waals surface area contributed by atoms with E-state index >= 15 is 0 Å². The number of amides is 2. The molecule has 0 aliphatic carbocycles. The molecule has 0 spiro atoms. The Balaban J connectivity index is 2.08. The summed E-state index contributed by atoms with van der Waals surface area (Å²) in [6.07, 6.45) is -0.393. The van der Waals surface area contributed by atoms with Crippen LogP contribution in [0.2, 0.25) is 0 Å². The molecule has 2 rings (SSSR count). The van der Waals surface area contributed by atoms with E-state index in [1.54, 1.807) is 45.0 Å². The topological polar surface area (TPSA) is 103 Å². The van der Waals surface area contributed by atoms with Gasteiger partial charge in [0.15, 0.2) is 6.10 Å². The smallest absolute Gasteiger partial charge is 0.347 e. The van der Waals surface area contributed by atoms with Gasteiger partial charge in [-0.1, -0.05) is 25.1 Å². The number of hydrogen-bond donors (Lipinski definition) is 2. The van der Waals surface area contributed by atoms with Crippen molar-refractivity contribution >= 4 is 18.0 Å². The lowest BCUT2D eigenvalue weighted by atomic mass is 10.0. The zero-order valence-electron chi connectivity index (χ0n) is 15.6. The molecule has 2 N–H and O–H groups in total. The minimum absolute atomic E-state index is 0.193. The summed E-state index contributed by atoms with van der Waals surface area (Å²) in [6, 6.07) is 7.89. The van der Waals surface area contributed by atoms with Gasteiger partial charge in [-0.05, 0) is 32.4 Å². The highest BCUT2D eigenvalue weighted by Gasteiger charge is 2.31. The Labute approximate surface area is 157 Å². The molecule has 146 valence electrons. The van der Waals surface area contributed by atoms with E-state index in [1.165, 1.54) is 0 Å². The normalized spacial score (nSPS) is 17.4. The highest BCUT2D eigenvalue weighted by molar-refractivity contribution is 5.94. The monoisotopic (exact) mass is 376 g/mol. The van der Waals surface area contributed by atoms with Crippen molar-refractivity contribution in [2.75, 3.05) is 13.2 Å². The highest BCUT2D eigenvalue weighted by atomic mass is 16.6. The molecule has 0 bridgehead atoms. The van der Waals surface area contributed by atoms with E-state index in [1.807, 2.05) is 6.07 Å². The summed E-state index contributed by atoms with van der Waals surface area (Å²) in [5.74, 6) is -0.606. The molecule has 0 aromatic heterocycles. The maximum atomic E-state index is 12.4. The molecule has 8 nitrogen and oxygen atoms in total. The second-order valence-corrected chi connectivity index (χ2v) is 5.87. The quantitative estimate of drug-likeness (QED) is 0.672. The van der Waals surface area contributed by atoms with E-state index < -0.39 is 30.1 Å². The first-order chi connectivity index (χ1) is 13.0. The van der Waals surface area contributed by atoms with Crippen LogP contribution in [0, 0.1) is 0 Å². The molecule has 1 heterocycles. The summed E-state index contributed by atoms with van der Waals surface area (Å²) in [7, 11) is 0. The van der Waals surface area contributed by atoms with E-state index in [2.05, 4.69) is 10.6 Å². The molecule has 1 aliphatic heterocycles. The minimum atomic E-state index is -0.797. The van der Waals surface area contributed by atoms with Crippen LogP contribution >= 0.6 is 0 Å². The Kier molecular flexibility index (Phi) is 7.22. The average molecular weight is 376 g/mol. The van der Waals surface area contributed by atoms with Crippen LogP contribution in [-0.4, -0.2) is 43.3 Å². The van der Waals surface area contributed by atoms with Crippen LogP contribution in [0.15, 0.2) is 41.6 Å². The second kappa shape index (κ2) is 9.61. The van der Waals surface area contributed by atoms with Gasteiger partial charge in [-0.25, -0.2) is 14.4 Å². The molecule has 2 atom stereocenters. The minimum Gasteiger partial charge on any atom is -0.479 e. The number of rotatable bonds is 8. The van der Waals surface area contributed by atoms with Crippen molar-refractivity contribution in [1.82, 2.24) is 10.6 Å². The number of urea groups is 1. The fourth-order valence-corrected chi connectivity index (χ4v) is 2.59.